The molecule has 1 saturated heterocycles. The van der Waals surface area contributed by atoms with E-state index in [1.165, 1.54) is 0 Å². The van der Waals surface area contributed by atoms with Crippen LogP contribution in [-0.4, -0.2) is 34.2 Å². The molecule has 0 saturated carbocycles. The first-order valence-corrected chi connectivity index (χ1v) is 7.15. The normalized spacial score (nSPS) is 17.5. The zero-order chi connectivity index (χ0) is 13.9. The Balaban J connectivity index is 1.66. The van der Waals surface area contributed by atoms with Gasteiger partial charge in [0.05, 0.1) is 6.54 Å². The quantitative estimate of drug-likeness (QED) is 0.940. The van der Waals surface area contributed by atoms with Crippen LogP contribution in [-0.2, 0) is 6.54 Å². The van der Waals surface area contributed by atoms with Crippen LogP contribution in [0.4, 0.5) is 0 Å². The van der Waals surface area contributed by atoms with Gasteiger partial charge < -0.3 is 10.3 Å². The molecule has 3 rings (SSSR count). The SMILES string of the molecule is NC1CCN(Cc2nc(-c3ccc(Cl)cc3)no2)CC1. The van der Waals surface area contributed by atoms with Gasteiger partial charge in [-0.15, -0.1) is 0 Å². The van der Waals surface area contributed by atoms with Crippen LogP contribution < -0.4 is 5.73 Å². The van der Waals surface area contributed by atoms with Gasteiger partial charge in [0, 0.05) is 29.7 Å². The molecule has 1 aliphatic rings. The third-order valence-corrected chi connectivity index (χ3v) is 3.81. The molecule has 0 radical (unpaired) electrons. The molecule has 0 aliphatic carbocycles. The van der Waals surface area contributed by atoms with Crippen molar-refractivity contribution in [3.63, 3.8) is 0 Å². The number of benzene rings is 1. The number of aromatic nitrogens is 2. The first kappa shape index (κ1) is 13.5. The van der Waals surface area contributed by atoms with E-state index in [1.54, 1.807) is 0 Å². The molecule has 0 spiro atoms. The van der Waals surface area contributed by atoms with Crippen molar-refractivity contribution in [2.45, 2.75) is 25.4 Å². The largest absolute Gasteiger partial charge is 0.338 e. The number of likely N-dealkylation sites (tertiary alicyclic amines) is 1. The molecule has 2 N–H and O–H groups in total. The van der Waals surface area contributed by atoms with Crippen molar-refractivity contribution in [3.05, 3.63) is 35.2 Å². The number of hydrogen-bond acceptors (Lipinski definition) is 5. The first-order chi connectivity index (χ1) is 9.70. The van der Waals surface area contributed by atoms with Gasteiger partial charge in [0.25, 0.3) is 0 Å². The van der Waals surface area contributed by atoms with Crippen LogP contribution >= 0.6 is 11.6 Å². The smallest absolute Gasteiger partial charge is 0.241 e. The maximum atomic E-state index is 5.89. The Bertz CT molecular complexity index is 561. The Morgan fingerprint density at radius 1 is 1.25 bits per heavy atom. The van der Waals surface area contributed by atoms with E-state index < -0.39 is 0 Å². The lowest BCUT2D eigenvalue weighted by Crippen LogP contribution is -2.39. The standard InChI is InChI=1S/C14H17ClN4O/c15-11-3-1-10(2-4-11)14-17-13(20-18-14)9-19-7-5-12(16)6-8-19/h1-4,12H,5-9,16H2. The summed E-state index contributed by atoms with van der Waals surface area (Å²) in [6, 6.07) is 7.74. The molecule has 0 bridgehead atoms. The van der Waals surface area contributed by atoms with Crippen LogP contribution in [0.3, 0.4) is 0 Å². The average Bonchev–Trinajstić information content (AvgIpc) is 2.91. The number of nitrogens with zero attached hydrogens (tertiary/aromatic N) is 3. The molecule has 2 heterocycles. The van der Waals surface area contributed by atoms with E-state index in [0.29, 0.717) is 29.3 Å². The highest BCUT2D eigenvalue weighted by molar-refractivity contribution is 6.30. The summed E-state index contributed by atoms with van der Waals surface area (Å²) in [6.07, 6.45) is 2.05. The predicted molar refractivity (Wildman–Crippen MR) is 77.2 cm³/mol. The second-order valence-electron chi connectivity index (χ2n) is 5.13. The van der Waals surface area contributed by atoms with E-state index >= 15 is 0 Å². The minimum Gasteiger partial charge on any atom is -0.338 e. The van der Waals surface area contributed by atoms with Crippen molar-refractivity contribution < 1.29 is 4.52 Å². The van der Waals surface area contributed by atoms with Crippen molar-refractivity contribution in [3.8, 4) is 11.4 Å². The Labute approximate surface area is 122 Å². The average molecular weight is 293 g/mol. The maximum Gasteiger partial charge on any atom is 0.241 e. The maximum absolute atomic E-state index is 5.89. The Morgan fingerprint density at radius 2 is 1.95 bits per heavy atom. The summed E-state index contributed by atoms with van der Waals surface area (Å²) in [4.78, 5) is 6.72. The Morgan fingerprint density at radius 3 is 2.65 bits per heavy atom. The fourth-order valence-electron chi connectivity index (χ4n) is 2.34. The number of nitrogens with two attached hydrogens (primary N) is 1. The summed E-state index contributed by atoms with van der Waals surface area (Å²) in [5.74, 6) is 1.25. The van der Waals surface area contributed by atoms with Gasteiger partial charge in [-0.2, -0.15) is 4.98 Å². The van der Waals surface area contributed by atoms with E-state index in [-0.39, 0.29) is 0 Å². The summed E-state index contributed by atoms with van der Waals surface area (Å²) < 4.78 is 5.31. The predicted octanol–water partition coefficient (Wildman–Crippen LogP) is 2.31. The molecule has 1 aliphatic heterocycles. The van der Waals surface area contributed by atoms with Gasteiger partial charge in [-0.05, 0) is 37.1 Å². The van der Waals surface area contributed by atoms with Crippen LogP contribution in [0.25, 0.3) is 11.4 Å². The minimum absolute atomic E-state index is 0.332. The highest BCUT2D eigenvalue weighted by Gasteiger charge is 2.18. The van der Waals surface area contributed by atoms with E-state index in [4.69, 9.17) is 21.9 Å². The van der Waals surface area contributed by atoms with E-state index in [1.807, 2.05) is 24.3 Å². The Kier molecular flexibility index (Phi) is 4.00. The monoisotopic (exact) mass is 292 g/mol. The third-order valence-electron chi connectivity index (χ3n) is 3.56. The summed E-state index contributed by atoms with van der Waals surface area (Å²) in [5.41, 5.74) is 6.80. The summed E-state index contributed by atoms with van der Waals surface area (Å²) in [6.45, 7) is 2.66. The van der Waals surface area contributed by atoms with E-state index in [0.717, 1.165) is 31.5 Å². The van der Waals surface area contributed by atoms with Crippen molar-refractivity contribution in [2.24, 2.45) is 5.73 Å². The molecule has 1 fully saturated rings. The molecule has 5 nitrogen and oxygen atoms in total. The molecule has 0 amide bonds. The minimum atomic E-state index is 0.332. The van der Waals surface area contributed by atoms with Gasteiger partial charge >= 0.3 is 0 Å². The second kappa shape index (κ2) is 5.91. The number of piperidine rings is 1. The van der Waals surface area contributed by atoms with E-state index in [9.17, 15) is 0 Å². The van der Waals surface area contributed by atoms with E-state index in [2.05, 4.69) is 15.0 Å². The molecular weight excluding hydrogens is 276 g/mol. The molecular formula is C14H17ClN4O. The van der Waals surface area contributed by atoms with Gasteiger partial charge in [-0.1, -0.05) is 16.8 Å². The lowest BCUT2D eigenvalue weighted by atomic mass is 10.1. The molecule has 2 aromatic rings. The number of hydrogen-bond donors (Lipinski definition) is 1. The second-order valence-corrected chi connectivity index (χ2v) is 5.57. The van der Waals surface area contributed by atoms with Gasteiger partial charge in [0.15, 0.2) is 0 Å². The van der Waals surface area contributed by atoms with Crippen LogP contribution in [0.1, 0.15) is 18.7 Å². The van der Waals surface area contributed by atoms with Crippen molar-refractivity contribution in [1.29, 1.82) is 0 Å². The molecule has 0 unspecified atom stereocenters. The zero-order valence-electron chi connectivity index (χ0n) is 11.1. The summed E-state index contributed by atoms with van der Waals surface area (Å²) >= 11 is 5.86. The number of rotatable bonds is 3. The van der Waals surface area contributed by atoms with Crippen molar-refractivity contribution in [1.82, 2.24) is 15.0 Å². The first-order valence-electron chi connectivity index (χ1n) is 6.77. The van der Waals surface area contributed by atoms with Crippen LogP contribution in [0.2, 0.25) is 5.02 Å². The fourth-order valence-corrected chi connectivity index (χ4v) is 2.46. The summed E-state index contributed by atoms with van der Waals surface area (Å²) in [5, 5.41) is 4.71. The molecule has 106 valence electrons. The zero-order valence-corrected chi connectivity index (χ0v) is 11.9. The van der Waals surface area contributed by atoms with Gasteiger partial charge in [-0.25, -0.2) is 0 Å². The molecule has 1 aromatic heterocycles. The molecule has 20 heavy (non-hydrogen) atoms. The van der Waals surface area contributed by atoms with Crippen LogP contribution in [0.5, 0.6) is 0 Å². The fraction of sp³-hybridized carbons (Fsp3) is 0.429. The van der Waals surface area contributed by atoms with Crippen molar-refractivity contribution >= 4 is 11.6 Å². The number of halogens is 1. The highest BCUT2D eigenvalue weighted by Crippen LogP contribution is 2.19. The Hall–Kier alpha value is -1.43. The van der Waals surface area contributed by atoms with Crippen LogP contribution in [0, 0.1) is 0 Å². The lowest BCUT2D eigenvalue weighted by molar-refractivity contribution is 0.182. The van der Waals surface area contributed by atoms with Gasteiger partial charge in [0.1, 0.15) is 0 Å². The van der Waals surface area contributed by atoms with Gasteiger partial charge in [0.2, 0.25) is 11.7 Å². The highest BCUT2D eigenvalue weighted by atomic mass is 35.5. The van der Waals surface area contributed by atoms with Crippen LogP contribution in [0.15, 0.2) is 28.8 Å². The molecule has 1 aromatic carbocycles. The van der Waals surface area contributed by atoms with Crippen molar-refractivity contribution in [2.75, 3.05) is 13.1 Å². The lowest BCUT2D eigenvalue weighted by Gasteiger charge is -2.28. The molecule has 6 heteroatoms. The summed E-state index contributed by atoms with van der Waals surface area (Å²) in [7, 11) is 0. The molecule has 0 atom stereocenters. The topological polar surface area (TPSA) is 68.2 Å². The third kappa shape index (κ3) is 3.17. The van der Waals surface area contributed by atoms with Gasteiger partial charge in [-0.3, -0.25) is 4.90 Å².